The Bertz CT molecular complexity index is 684. The molecule has 0 aliphatic carbocycles. The summed E-state index contributed by atoms with van der Waals surface area (Å²) in [5.41, 5.74) is 2.38. The van der Waals surface area contributed by atoms with Crippen LogP contribution in [0.1, 0.15) is 30.9 Å². The van der Waals surface area contributed by atoms with Gasteiger partial charge in [0.05, 0.1) is 0 Å². The first-order valence-corrected chi connectivity index (χ1v) is 9.52. The van der Waals surface area contributed by atoms with Gasteiger partial charge in [-0.1, -0.05) is 31.2 Å². The zero-order valence-corrected chi connectivity index (χ0v) is 15.5. The van der Waals surface area contributed by atoms with Crippen molar-refractivity contribution in [2.75, 3.05) is 26.2 Å². The molecule has 1 saturated heterocycles. The van der Waals surface area contributed by atoms with Crippen LogP contribution in [0.15, 0.2) is 54.9 Å². The van der Waals surface area contributed by atoms with E-state index in [4.69, 9.17) is 0 Å². The summed E-state index contributed by atoms with van der Waals surface area (Å²) in [6, 6.07) is 11.5. The summed E-state index contributed by atoms with van der Waals surface area (Å²) in [6.07, 6.45) is 10.5. The van der Waals surface area contributed by atoms with E-state index in [-0.39, 0.29) is 5.82 Å². The summed E-state index contributed by atoms with van der Waals surface area (Å²) in [5.74, 6) is -0.185. The van der Waals surface area contributed by atoms with E-state index in [1.54, 1.807) is 0 Å². The van der Waals surface area contributed by atoms with Gasteiger partial charge in [-0.2, -0.15) is 0 Å². The Balaban J connectivity index is 1.53. The van der Waals surface area contributed by atoms with Crippen LogP contribution in [0, 0.1) is 5.82 Å². The largest absolute Gasteiger partial charge is 0.298 e. The van der Waals surface area contributed by atoms with Crippen LogP contribution in [-0.4, -0.2) is 47.0 Å². The number of rotatable bonds is 7. The average molecular weight is 353 g/mol. The molecule has 1 aliphatic rings. The minimum absolute atomic E-state index is 0.185. The van der Waals surface area contributed by atoms with E-state index >= 15 is 0 Å². The number of hydrogen-bond acceptors (Lipinski definition) is 3. The Kier molecular flexibility index (Phi) is 6.92. The van der Waals surface area contributed by atoms with Crippen LogP contribution >= 0.6 is 0 Å². The summed E-state index contributed by atoms with van der Waals surface area (Å²) in [4.78, 5) is 9.20. The van der Waals surface area contributed by atoms with Crippen molar-refractivity contribution in [3.05, 3.63) is 71.8 Å². The molecule has 26 heavy (non-hydrogen) atoms. The monoisotopic (exact) mass is 353 g/mol. The van der Waals surface area contributed by atoms with Crippen molar-refractivity contribution in [3.63, 3.8) is 0 Å². The van der Waals surface area contributed by atoms with Crippen molar-refractivity contribution in [1.82, 2.24) is 14.8 Å². The number of pyridine rings is 1. The van der Waals surface area contributed by atoms with Gasteiger partial charge >= 0.3 is 0 Å². The van der Waals surface area contributed by atoms with E-state index in [0.29, 0.717) is 6.04 Å². The molecular weight excluding hydrogens is 325 g/mol. The predicted octanol–water partition coefficient (Wildman–Crippen LogP) is 4.22. The Morgan fingerprint density at radius 3 is 2.69 bits per heavy atom. The number of hydrogen-bond donors (Lipinski definition) is 0. The van der Waals surface area contributed by atoms with Gasteiger partial charge in [-0.3, -0.25) is 14.8 Å². The second-order valence-electron chi connectivity index (χ2n) is 6.93. The number of likely N-dealkylation sites (tertiary alicyclic amines) is 1. The fraction of sp³-hybridized carbons (Fsp3) is 0.409. The molecule has 1 unspecified atom stereocenters. The second kappa shape index (κ2) is 9.60. The first-order valence-electron chi connectivity index (χ1n) is 9.52. The van der Waals surface area contributed by atoms with Crippen LogP contribution in [0.2, 0.25) is 0 Å². The van der Waals surface area contributed by atoms with Crippen LogP contribution in [0.3, 0.4) is 0 Å². The van der Waals surface area contributed by atoms with Gasteiger partial charge in [-0.05, 0) is 61.3 Å². The number of halogens is 1. The van der Waals surface area contributed by atoms with Crippen molar-refractivity contribution >= 4 is 6.08 Å². The summed E-state index contributed by atoms with van der Waals surface area (Å²) < 4.78 is 13.0. The maximum atomic E-state index is 13.0. The molecule has 0 N–H and O–H groups in total. The van der Waals surface area contributed by atoms with Gasteiger partial charge in [-0.15, -0.1) is 0 Å². The Morgan fingerprint density at radius 1 is 1.19 bits per heavy atom. The van der Waals surface area contributed by atoms with Gasteiger partial charge in [-0.25, -0.2) is 4.39 Å². The average Bonchev–Trinajstić information content (AvgIpc) is 2.69. The summed E-state index contributed by atoms with van der Waals surface area (Å²) in [5, 5.41) is 0. The van der Waals surface area contributed by atoms with Gasteiger partial charge in [0.15, 0.2) is 0 Å². The number of likely N-dealkylation sites (N-methyl/N-ethyl adjacent to an activating group) is 1. The molecule has 3 rings (SSSR count). The fourth-order valence-electron chi connectivity index (χ4n) is 3.63. The molecule has 138 valence electrons. The van der Waals surface area contributed by atoms with E-state index in [1.165, 1.54) is 30.5 Å². The SMILES string of the molecule is CCN(Cc1ccncc1)C1CCCN(C/C=C/c2ccc(F)cc2)C1. The van der Waals surface area contributed by atoms with Gasteiger partial charge in [0.1, 0.15) is 5.82 Å². The molecule has 3 nitrogen and oxygen atoms in total. The number of piperidine rings is 1. The summed E-state index contributed by atoms with van der Waals surface area (Å²) in [7, 11) is 0. The summed E-state index contributed by atoms with van der Waals surface area (Å²) >= 11 is 0. The molecule has 1 atom stereocenters. The molecule has 1 aliphatic heterocycles. The standard InChI is InChI=1S/C22H28FN3/c1-2-26(17-20-11-13-24-14-12-20)22-6-4-16-25(18-22)15-3-5-19-7-9-21(23)10-8-19/h3,5,7-14,22H,2,4,6,15-18H2,1H3/b5-3+. The minimum atomic E-state index is -0.185. The van der Waals surface area contributed by atoms with E-state index in [2.05, 4.69) is 46.0 Å². The third-order valence-electron chi connectivity index (χ3n) is 5.08. The van der Waals surface area contributed by atoms with Gasteiger partial charge in [0.25, 0.3) is 0 Å². The zero-order valence-electron chi connectivity index (χ0n) is 15.5. The number of benzene rings is 1. The van der Waals surface area contributed by atoms with Gasteiger partial charge in [0.2, 0.25) is 0 Å². The maximum absolute atomic E-state index is 13.0. The molecule has 2 heterocycles. The first-order chi connectivity index (χ1) is 12.7. The lowest BCUT2D eigenvalue weighted by Gasteiger charge is -2.38. The van der Waals surface area contributed by atoms with Crippen molar-refractivity contribution in [3.8, 4) is 0 Å². The van der Waals surface area contributed by atoms with Crippen LogP contribution in [-0.2, 0) is 6.54 Å². The highest BCUT2D eigenvalue weighted by Gasteiger charge is 2.23. The molecule has 2 aromatic rings. The molecule has 1 aromatic carbocycles. The topological polar surface area (TPSA) is 19.4 Å². The molecule has 1 aromatic heterocycles. The number of aromatic nitrogens is 1. The van der Waals surface area contributed by atoms with Crippen LogP contribution in [0.5, 0.6) is 0 Å². The van der Waals surface area contributed by atoms with E-state index < -0.39 is 0 Å². The van der Waals surface area contributed by atoms with E-state index in [0.717, 1.165) is 38.3 Å². The Morgan fingerprint density at radius 2 is 1.96 bits per heavy atom. The lowest BCUT2D eigenvalue weighted by Crippen LogP contribution is -2.47. The first kappa shape index (κ1) is 18.7. The Labute approximate surface area is 156 Å². The lowest BCUT2D eigenvalue weighted by atomic mass is 10.0. The minimum Gasteiger partial charge on any atom is -0.298 e. The summed E-state index contributed by atoms with van der Waals surface area (Å²) in [6.45, 7) is 7.49. The van der Waals surface area contributed by atoms with Crippen LogP contribution in [0.4, 0.5) is 4.39 Å². The highest BCUT2D eigenvalue weighted by molar-refractivity contribution is 5.48. The van der Waals surface area contributed by atoms with Crippen LogP contribution < -0.4 is 0 Å². The van der Waals surface area contributed by atoms with Crippen molar-refractivity contribution in [1.29, 1.82) is 0 Å². The van der Waals surface area contributed by atoms with Crippen LogP contribution in [0.25, 0.3) is 6.08 Å². The molecule has 0 saturated carbocycles. The lowest BCUT2D eigenvalue weighted by molar-refractivity contribution is 0.103. The van der Waals surface area contributed by atoms with E-state index in [9.17, 15) is 4.39 Å². The normalized spacial score (nSPS) is 18.7. The molecule has 4 heteroatoms. The predicted molar refractivity (Wildman–Crippen MR) is 105 cm³/mol. The smallest absolute Gasteiger partial charge is 0.123 e. The highest BCUT2D eigenvalue weighted by Crippen LogP contribution is 2.18. The molecule has 0 bridgehead atoms. The zero-order chi connectivity index (χ0) is 18.2. The molecule has 0 amide bonds. The third-order valence-corrected chi connectivity index (χ3v) is 5.08. The highest BCUT2D eigenvalue weighted by atomic mass is 19.1. The quantitative estimate of drug-likeness (QED) is 0.743. The number of nitrogens with zero attached hydrogens (tertiary/aromatic N) is 3. The molecule has 0 radical (unpaired) electrons. The maximum Gasteiger partial charge on any atom is 0.123 e. The molecule has 1 fully saturated rings. The fourth-order valence-corrected chi connectivity index (χ4v) is 3.63. The van der Waals surface area contributed by atoms with Crippen molar-refractivity contribution in [2.24, 2.45) is 0 Å². The van der Waals surface area contributed by atoms with E-state index in [1.807, 2.05) is 24.5 Å². The molecular formula is C22H28FN3. The van der Waals surface area contributed by atoms with Gasteiger partial charge < -0.3 is 0 Å². The van der Waals surface area contributed by atoms with Gasteiger partial charge in [0, 0.05) is 38.1 Å². The van der Waals surface area contributed by atoms with Crippen molar-refractivity contribution in [2.45, 2.75) is 32.4 Å². The van der Waals surface area contributed by atoms with Crippen molar-refractivity contribution < 1.29 is 4.39 Å². The Hall–Kier alpha value is -2.04. The second-order valence-corrected chi connectivity index (χ2v) is 6.93. The molecule has 0 spiro atoms. The third kappa shape index (κ3) is 5.48.